The third-order valence-electron chi connectivity index (χ3n) is 2.99. The van der Waals surface area contributed by atoms with Gasteiger partial charge in [0.2, 0.25) is 0 Å². The summed E-state index contributed by atoms with van der Waals surface area (Å²) in [4.78, 5) is 16.0. The van der Waals surface area contributed by atoms with E-state index in [0.29, 0.717) is 18.2 Å². The molecule has 1 aliphatic heterocycles. The Morgan fingerprint density at radius 2 is 2.16 bits per heavy atom. The van der Waals surface area contributed by atoms with E-state index in [0.717, 1.165) is 6.42 Å². The minimum atomic E-state index is -0.788. The van der Waals surface area contributed by atoms with Crippen molar-refractivity contribution in [3.63, 3.8) is 0 Å². The van der Waals surface area contributed by atoms with E-state index in [9.17, 15) is 4.79 Å². The minimum Gasteiger partial charge on any atom is -0.433 e. The van der Waals surface area contributed by atoms with Crippen molar-refractivity contribution in [2.24, 2.45) is 11.1 Å². The second kappa shape index (κ2) is 6.86. The fourth-order valence-electron chi connectivity index (χ4n) is 1.85. The SMILES string of the molecule is CCOC(=O)O/N=C(/[C@H](CC(C)C)NC)[C@@]1(C)CO1. The molecule has 0 aliphatic carbocycles. The third kappa shape index (κ3) is 4.80. The van der Waals surface area contributed by atoms with Gasteiger partial charge in [-0.2, -0.15) is 0 Å². The number of nitrogens with one attached hydrogen (secondary N) is 1. The maximum Gasteiger partial charge on any atom is 0.535 e. The fourth-order valence-corrected chi connectivity index (χ4v) is 1.85. The van der Waals surface area contributed by atoms with Crippen LogP contribution in [0.3, 0.4) is 0 Å². The van der Waals surface area contributed by atoms with Crippen molar-refractivity contribution < 1.29 is 19.1 Å². The molecule has 1 saturated heterocycles. The molecular weight excluding hydrogens is 248 g/mol. The third-order valence-corrected chi connectivity index (χ3v) is 2.99. The van der Waals surface area contributed by atoms with Gasteiger partial charge in [0, 0.05) is 0 Å². The Morgan fingerprint density at radius 1 is 1.53 bits per heavy atom. The first kappa shape index (κ1) is 15.9. The van der Waals surface area contributed by atoms with Crippen molar-refractivity contribution >= 4 is 11.9 Å². The average molecular weight is 272 g/mol. The smallest absolute Gasteiger partial charge is 0.433 e. The monoisotopic (exact) mass is 272 g/mol. The van der Waals surface area contributed by atoms with Crippen LogP contribution in [0.4, 0.5) is 4.79 Å². The van der Waals surface area contributed by atoms with Gasteiger partial charge >= 0.3 is 6.16 Å². The molecule has 0 unspecified atom stereocenters. The van der Waals surface area contributed by atoms with Crippen molar-refractivity contribution in [3.8, 4) is 0 Å². The van der Waals surface area contributed by atoms with Crippen molar-refractivity contribution in [2.75, 3.05) is 20.3 Å². The van der Waals surface area contributed by atoms with E-state index < -0.39 is 11.8 Å². The number of hydrogen-bond donors (Lipinski definition) is 1. The lowest BCUT2D eigenvalue weighted by atomic mass is 9.93. The molecule has 1 N–H and O–H groups in total. The van der Waals surface area contributed by atoms with Crippen molar-refractivity contribution in [2.45, 2.75) is 45.8 Å². The molecule has 110 valence electrons. The van der Waals surface area contributed by atoms with Gasteiger partial charge in [-0.25, -0.2) is 4.79 Å². The van der Waals surface area contributed by atoms with Gasteiger partial charge in [-0.05, 0) is 33.2 Å². The van der Waals surface area contributed by atoms with Gasteiger partial charge in [0.15, 0.2) is 0 Å². The van der Waals surface area contributed by atoms with E-state index in [1.54, 1.807) is 6.92 Å². The second-order valence-electron chi connectivity index (χ2n) is 5.24. The summed E-state index contributed by atoms with van der Waals surface area (Å²) in [5.74, 6) is 0.493. The molecule has 2 atom stereocenters. The van der Waals surface area contributed by atoms with Gasteiger partial charge in [-0.1, -0.05) is 19.0 Å². The first-order valence-electron chi connectivity index (χ1n) is 6.66. The molecule has 0 amide bonds. The van der Waals surface area contributed by atoms with Gasteiger partial charge in [-0.3, -0.25) is 4.84 Å². The average Bonchev–Trinajstić information content (AvgIpc) is 3.06. The van der Waals surface area contributed by atoms with Crippen LogP contribution in [0.1, 0.15) is 34.1 Å². The van der Waals surface area contributed by atoms with E-state index in [1.807, 2.05) is 14.0 Å². The van der Waals surface area contributed by atoms with Crippen LogP contribution < -0.4 is 5.32 Å². The summed E-state index contributed by atoms with van der Waals surface area (Å²) in [6, 6.07) is 0.0157. The van der Waals surface area contributed by atoms with Gasteiger partial charge in [0.25, 0.3) is 0 Å². The van der Waals surface area contributed by atoms with Crippen molar-refractivity contribution in [1.82, 2.24) is 5.32 Å². The summed E-state index contributed by atoms with van der Waals surface area (Å²) in [6.45, 7) is 8.76. The van der Waals surface area contributed by atoms with E-state index >= 15 is 0 Å². The molecule has 1 aliphatic rings. The maximum absolute atomic E-state index is 11.2. The van der Waals surface area contributed by atoms with Gasteiger partial charge < -0.3 is 14.8 Å². The first-order chi connectivity index (χ1) is 8.92. The molecule has 0 aromatic heterocycles. The van der Waals surface area contributed by atoms with Crippen LogP contribution >= 0.6 is 0 Å². The van der Waals surface area contributed by atoms with E-state index in [-0.39, 0.29) is 12.6 Å². The molecule has 0 saturated carbocycles. The number of epoxide rings is 1. The number of nitrogens with zero attached hydrogens (tertiary/aromatic N) is 1. The van der Waals surface area contributed by atoms with E-state index in [4.69, 9.17) is 14.3 Å². The van der Waals surface area contributed by atoms with Gasteiger partial charge in [-0.15, -0.1) is 0 Å². The number of hydrogen-bond acceptors (Lipinski definition) is 6. The van der Waals surface area contributed by atoms with Crippen LogP contribution in [-0.4, -0.2) is 43.8 Å². The molecule has 0 spiro atoms. The summed E-state index contributed by atoms with van der Waals surface area (Å²) >= 11 is 0. The summed E-state index contributed by atoms with van der Waals surface area (Å²) in [5, 5.41) is 7.15. The predicted octanol–water partition coefficient (Wildman–Crippen LogP) is 1.94. The zero-order chi connectivity index (χ0) is 14.5. The highest BCUT2D eigenvalue weighted by Crippen LogP contribution is 2.31. The predicted molar refractivity (Wildman–Crippen MR) is 72.2 cm³/mol. The Morgan fingerprint density at radius 3 is 2.58 bits per heavy atom. The number of carbonyl (C=O) groups is 1. The van der Waals surface area contributed by atoms with Crippen LogP contribution in [0.25, 0.3) is 0 Å². The molecule has 1 rings (SSSR count). The van der Waals surface area contributed by atoms with Crippen LogP contribution in [0.15, 0.2) is 5.16 Å². The van der Waals surface area contributed by atoms with Crippen LogP contribution in [0.2, 0.25) is 0 Å². The molecule has 0 aromatic rings. The zero-order valence-corrected chi connectivity index (χ0v) is 12.4. The highest BCUT2D eigenvalue weighted by atomic mass is 16.8. The Hall–Kier alpha value is -1.14. The van der Waals surface area contributed by atoms with Crippen LogP contribution in [0.5, 0.6) is 0 Å². The first-order valence-corrected chi connectivity index (χ1v) is 6.66. The highest BCUT2D eigenvalue weighted by Gasteiger charge is 2.48. The lowest BCUT2D eigenvalue weighted by Gasteiger charge is -2.22. The Balaban J connectivity index is 2.76. The Kier molecular flexibility index (Phi) is 5.75. The zero-order valence-electron chi connectivity index (χ0n) is 12.4. The number of rotatable bonds is 7. The lowest BCUT2D eigenvalue weighted by Crippen LogP contribution is -2.43. The Bertz CT molecular complexity index is 338. The van der Waals surface area contributed by atoms with E-state index in [1.165, 1.54) is 0 Å². The molecule has 6 nitrogen and oxygen atoms in total. The number of carbonyl (C=O) groups excluding carboxylic acids is 1. The molecule has 1 heterocycles. The van der Waals surface area contributed by atoms with Gasteiger partial charge in [0.05, 0.1) is 19.3 Å². The lowest BCUT2D eigenvalue weighted by molar-refractivity contribution is 0.0603. The number of ether oxygens (including phenoxy) is 2. The largest absolute Gasteiger partial charge is 0.535 e. The standard InChI is InChI=1S/C13H24N2O4/c1-6-17-12(16)19-15-11(13(4)8-18-13)10(14-5)7-9(2)3/h9-10,14H,6-8H2,1-5H3/b15-11-/t10-,13+/m0/s1. The van der Waals surface area contributed by atoms with Crippen molar-refractivity contribution in [3.05, 3.63) is 0 Å². The maximum atomic E-state index is 11.2. The van der Waals surface area contributed by atoms with Crippen LogP contribution in [0, 0.1) is 5.92 Å². The molecule has 19 heavy (non-hydrogen) atoms. The molecule has 0 aromatic carbocycles. The fraction of sp³-hybridized carbons (Fsp3) is 0.846. The summed E-state index contributed by atoms with van der Waals surface area (Å²) in [7, 11) is 1.86. The van der Waals surface area contributed by atoms with Gasteiger partial charge in [0.1, 0.15) is 11.3 Å². The molecule has 0 radical (unpaired) electrons. The Labute approximate surface area is 114 Å². The highest BCUT2D eigenvalue weighted by molar-refractivity contribution is 5.98. The molecule has 0 bridgehead atoms. The van der Waals surface area contributed by atoms with Crippen LogP contribution in [-0.2, 0) is 14.3 Å². The molecule has 1 fully saturated rings. The summed E-state index contributed by atoms with van der Waals surface area (Å²) < 4.78 is 10.1. The summed E-state index contributed by atoms with van der Waals surface area (Å²) in [6.07, 6.45) is 0.101. The normalized spacial score (nSPS) is 24.2. The topological polar surface area (TPSA) is 72.5 Å². The quantitative estimate of drug-likeness (QED) is 0.252. The second-order valence-corrected chi connectivity index (χ2v) is 5.24. The van der Waals surface area contributed by atoms with Crippen molar-refractivity contribution in [1.29, 1.82) is 0 Å². The minimum absolute atomic E-state index is 0.0157. The van der Waals surface area contributed by atoms with E-state index in [2.05, 4.69) is 24.3 Å². The number of oxime groups is 1. The summed E-state index contributed by atoms with van der Waals surface area (Å²) in [5.41, 5.74) is 0.270. The molecular formula is C13H24N2O4. The molecule has 6 heteroatoms.